The molecular weight excluding hydrogens is 540 g/mol. The summed E-state index contributed by atoms with van der Waals surface area (Å²) < 4.78 is 52.3. The zero-order chi connectivity index (χ0) is 29.3. The SMILES string of the molecule is CC(=O)OC[C@@H]1O[C@@H](OC(C)=O)[C@@H](NC(=O)CN(Cc2ccccc2)S(C)(=O)=O)[C@@H](OC(C)=O)[C@@H]1OC(C)=O. The van der Waals surface area contributed by atoms with Gasteiger partial charge in [-0.15, -0.1) is 0 Å². The van der Waals surface area contributed by atoms with Crippen molar-refractivity contribution in [2.75, 3.05) is 19.4 Å². The number of carbonyl (C=O) groups is 5. The summed E-state index contributed by atoms with van der Waals surface area (Å²) in [7, 11) is -3.86. The molecule has 1 fully saturated rings. The quantitative estimate of drug-likeness (QED) is 0.269. The van der Waals surface area contributed by atoms with Crippen molar-refractivity contribution in [3.8, 4) is 0 Å². The predicted molar refractivity (Wildman–Crippen MR) is 132 cm³/mol. The Hall–Kier alpha value is -3.56. The Morgan fingerprint density at radius 2 is 1.44 bits per heavy atom. The number of esters is 4. The molecule has 0 aromatic heterocycles. The summed E-state index contributed by atoms with van der Waals surface area (Å²) in [6.07, 6.45) is -4.80. The largest absolute Gasteiger partial charge is 0.463 e. The molecule has 1 N–H and O–H groups in total. The molecule has 1 amide bonds. The van der Waals surface area contributed by atoms with Gasteiger partial charge in [-0.1, -0.05) is 30.3 Å². The Kier molecular flexibility index (Phi) is 11.4. The van der Waals surface area contributed by atoms with Crippen LogP contribution in [0.1, 0.15) is 33.3 Å². The topological polar surface area (TPSA) is 181 Å². The van der Waals surface area contributed by atoms with Crippen molar-refractivity contribution in [1.82, 2.24) is 9.62 Å². The number of nitrogens with one attached hydrogen (secondary N) is 1. The van der Waals surface area contributed by atoms with E-state index in [-0.39, 0.29) is 6.54 Å². The van der Waals surface area contributed by atoms with E-state index in [2.05, 4.69) is 5.32 Å². The molecule has 0 radical (unpaired) electrons. The Bertz CT molecular complexity index is 1160. The van der Waals surface area contributed by atoms with Gasteiger partial charge in [-0.05, 0) is 5.56 Å². The van der Waals surface area contributed by atoms with Crippen molar-refractivity contribution in [2.24, 2.45) is 0 Å². The number of nitrogens with zero attached hydrogens (tertiary/aromatic N) is 1. The maximum atomic E-state index is 13.1. The van der Waals surface area contributed by atoms with Gasteiger partial charge in [0.25, 0.3) is 0 Å². The summed E-state index contributed by atoms with van der Waals surface area (Å²) in [4.78, 5) is 60.2. The number of sulfonamides is 1. The van der Waals surface area contributed by atoms with Crippen molar-refractivity contribution < 1.29 is 56.1 Å². The summed E-state index contributed by atoms with van der Waals surface area (Å²) in [5, 5.41) is 2.48. The first kappa shape index (κ1) is 31.7. The fourth-order valence-electron chi connectivity index (χ4n) is 3.79. The second-order valence-electron chi connectivity index (χ2n) is 8.71. The van der Waals surface area contributed by atoms with E-state index in [9.17, 15) is 32.4 Å². The third-order valence-corrected chi connectivity index (χ3v) is 6.50. The van der Waals surface area contributed by atoms with E-state index < -0.39 is 83.6 Å². The summed E-state index contributed by atoms with van der Waals surface area (Å²) in [5.41, 5.74) is 0.621. The monoisotopic (exact) mass is 572 g/mol. The molecule has 1 aromatic carbocycles. The number of hydrogen-bond donors (Lipinski definition) is 1. The van der Waals surface area contributed by atoms with Crippen LogP contribution in [-0.2, 0) is 64.2 Å². The molecule has 1 aromatic rings. The first-order valence-corrected chi connectivity index (χ1v) is 13.6. The highest BCUT2D eigenvalue weighted by molar-refractivity contribution is 7.88. The van der Waals surface area contributed by atoms with Crippen LogP contribution in [-0.4, -0.2) is 92.6 Å². The third-order valence-electron chi connectivity index (χ3n) is 5.30. The molecule has 1 saturated heterocycles. The maximum Gasteiger partial charge on any atom is 0.305 e. The van der Waals surface area contributed by atoms with Gasteiger partial charge in [-0.2, -0.15) is 4.31 Å². The lowest BCUT2D eigenvalue weighted by atomic mass is 9.96. The van der Waals surface area contributed by atoms with E-state index in [4.69, 9.17) is 23.7 Å². The van der Waals surface area contributed by atoms with Crippen molar-refractivity contribution in [1.29, 1.82) is 0 Å². The molecule has 0 unspecified atom stereocenters. The summed E-state index contributed by atoms with van der Waals surface area (Å²) in [6.45, 7) is 3.09. The zero-order valence-corrected chi connectivity index (χ0v) is 23.0. The van der Waals surface area contributed by atoms with Gasteiger partial charge in [-0.25, -0.2) is 8.42 Å². The minimum Gasteiger partial charge on any atom is -0.463 e. The molecule has 39 heavy (non-hydrogen) atoms. The Morgan fingerprint density at radius 1 is 0.872 bits per heavy atom. The fraction of sp³-hybridized carbons (Fsp3) is 0.542. The van der Waals surface area contributed by atoms with E-state index in [1.807, 2.05) is 0 Å². The standard InChI is InChI=1S/C24H32N2O12S/c1-14(27)34-13-19-22(35-15(2)28)23(36-16(3)29)21(24(38-19)37-17(4)30)25-20(31)12-26(39(5,32)33)11-18-9-7-6-8-10-18/h6-10,19,21-24H,11-13H2,1-5H3,(H,25,31)/t19-,21-,22+,23+,24+/m0/s1. The van der Waals surface area contributed by atoms with Crippen molar-refractivity contribution in [3.05, 3.63) is 35.9 Å². The lowest BCUT2D eigenvalue weighted by Gasteiger charge is -2.44. The van der Waals surface area contributed by atoms with Crippen LogP contribution in [0.5, 0.6) is 0 Å². The molecule has 1 heterocycles. The minimum atomic E-state index is -3.86. The molecule has 0 spiro atoms. The van der Waals surface area contributed by atoms with Crippen molar-refractivity contribution in [3.63, 3.8) is 0 Å². The third kappa shape index (κ3) is 10.3. The molecule has 5 atom stereocenters. The van der Waals surface area contributed by atoms with Gasteiger partial charge in [0, 0.05) is 34.2 Å². The van der Waals surface area contributed by atoms with Crippen LogP contribution in [0.3, 0.4) is 0 Å². The lowest BCUT2D eigenvalue weighted by molar-refractivity contribution is -0.271. The van der Waals surface area contributed by atoms with Crippen molar-refractivity contribution in [2.45, 2.75) is 64.9 Å². The maximum absolute atomic E-state index is 13.1. The summed E-state index contributed by atoms with van der Waals surface area (Å²) >= 11 is 0. The first-order chi connectivity index (χ1) is 18.2. The Morgan fingerprint density at radius 3 is 1.95 bits per heavy atom. The first-order valence-electron chi connectivity index (χ1n) is 11.8. The average Bonchev–Trinajstić information content (AvgIpc) is 2.80. The van der Waals surface area contributed by atoms with Crippen molar-refractivity contribution >= 4 is 39.8 Å². The van der Waals surface area contributed by atoms with E-state index in [1.165, 1.54) is 0 Å². The number of benzene rings is 1. The highest BCUT2D eigenvalue weighted by Crippen LogP contribution is 2.28. The number of carbonyl (C=O) groups excluding carboxylic acids is 5. The zero-order valence-electron chi connectivity index (χ0n) is 22.1. The molecule has 1 aliphatic rings. The van der Waals surface area contributed by atoms with Gasteiger partial charge in [0.05, 0.1) is 12.8 Å². The molecule has 2 rings (SSSR count). The molecule has 0 aliphatic carbocycles. The molecule has 14 nitrogen and oxygen atoms in total. The summed E-state index contributed by atoms with van der Waals surface area (Å²) in [6, 6.07) is 7.11. The highest BCUT2D eigenvalue weighted by Gasteiger charge is 2.52. The molecular formula is C24H32N2O12S. The average molecular weight is 573 g/mol. The molecule has 1 aliphatic heterocycles. The molecule has 216 valence electrons. The van der Waals surface area contributed by atoms with E-state index in [1.54, 1.807) is 30.3 Å². The van der Waals surface area contributed by atoms with Gasteiger partial charge >= 0.3 is 23.9 Å². The predicted octanol–water partition coefficient (Wildman–Crippen LogP) is -0.352. The van der Waals surface area contributed by atoms with Crippen LogP contribution in [0.2, 0.25) is 0 Å². The van der Waals surface area contributed by atoms with Gasteiger partial charge in [0.15, 0.2) is 12.2 Å². The van der Waals surface area contributed by atoms with E-state index in [0.29, 0.717) is 5.56 Å². The van der Waals surface area contributed by atoms with Crippen LogP contribution in [0.25, 0.3) is 0 Å². The second-order valence-corrected chi connectivity index (χ2v) is 10.7. The Balaban J connectivity index is 2.40. The van der Waals surface area contributed by atoms with Crippen LogP contribution < -0.4 is 5.32 Å². The number of hydrogen-bond acceptors (Lipinski definition) is 12. The Labute approximate surface area is 225 Å². The summed E-state index contributed by atoms with van der Waals surface area (Å²) in [5.74, 6) is -4.04. The smallest absolute Gasteiger partial charge is 0.305 e. The molecule has 0 bridgehead atoms. The fourth-order valence-corrected chi connectivity index (χ4v) is 4.52. The lowest BCUT2D eigenvalue weighted by Crippen LogP contribution is -2.67. The van der Waals surface area contributed by atoms with Gasteiger partial charge in [0.1, 0.15) is 18.8 Å². The minimum absolute atomic E-state index is 0.116. The van der Waals surface area contributed by atoms with Crippen LogP contribution in [0.15, 0.2) is 30.3 Å². The van der Waals surface area contributed by atoms with Gasteiger partial charge in [0.2, 0.25) is 22.2 Å². The van der Waals surface area contributed by atoms with Gasteiger partial charge in [-0.3, -0.25) is 24.0 Å². The second kappa shape index (κ2) is 14.0. The number of amides is 1. The number of rotatable bonds is 11. The van der Waals surface area contributed by atoms with Gasteiger partial charge < -0.3 is 29.0 Å². The normalized spacial score (nSPS) is 22.9. The van der Waals surface area contributed by atoms with Crippen LogP contribution in [0, 0.1) is 0 Å². The van der Waals surface area contributed by atoms with Crippen LogP contribution >= 0.6 is 0 Å². The van der Waals surface area contributed by atoms with E-state index >= 15 is 0 Å². The molecule has 0 saturated carbocycles. The number of ether oxygens (including phenoxy) is 5. The molecule has 15 heteroatoms. The highest BCUT2D eigenvalue weighted by atomic mass is 32.2. The van der Waals surface area contributed by atoms with Crippen LogP contribution in [0.4, 0.5) is 0 Å². The van der Waals surface area contributed by atoms with E-state index in [0.717, 1.165) is 38.3 Å².